The Kier molecular flexibility index (Phi) is 5.23. The topological polar surface area (TPSA) is 18.5 Å². The minimum Gasteiger partial charge on any atom is -0.347 e. The molecule has 0 saturated heterocycles. The van der Waals surface area contributed by atoms with Crippen LogP contribution in [0.3, 0.4) is 0 Å². The van der Waals surface area contributed by atoms with Crippen LogP contribution in [-0.4, -0.2) is 19.0 Å². The predicted octanol–water partition coefficient (Wildman–Crippen LogP) is 3.49. The molecule has 2 heteroatoms. The van der Waals surface area contributed by atoms with Crippen molar-refractivity contribution in [3.63, 3.8) is 0 Å². The first kappa shape index (κ1) is 12.9. The largest absolute Gasteiger partial charge is 0.347 e. The van der Waals surface area contributed by atoms with E-state index in [9.17, 15) is 0 Å². The molecule has 0 fully saturated rings. The average molecular weight is 220 g/mol. The smallest absolute Gasteiger partial charge is 0.185 e. The van der Waals surface area contributed by atoms with Gasteiger partial charge in [0.05, 0.1) is 0 Å². The molecule has 0 unspecified atom stereocenters. The van der Waals surface area contributed by atoms with Gasteiger partial charge in [0, 0.05) is 13.2 Å². The molecule has 0 heterocycles. The van der Waals surface area contributed by atoms with Crippen molar-refractivity contribution in [2.24, 2.45) is 0 Å². The lowest BCUT2D eigenvalue weighted by Gasteiger charge is -2.25. The lowest BCUT2D eigenvalue weighted by molar-refractivity contribution is -0.185. The summed E-state index contributed by atoms with van der Waals surface area (Å²) in [6, 6.07) is 10.1. The van der Waals surface area contributed by atoms with Crippen LogP contribution in [0, 0.1) is 0 Å². The first-order chi connectivity index (χ1) is 7.70. The number of rotatable bonds is 6. The molecule has 0 saturated carbocycles. The molecule has 0 aliphatic carbocycles. The summed E-state index contributed by atoms with van der Waals surface area (Å²) in [5, 5.41) is 0. The first-order valence-electron chi connectivity index (χ1n) is 5.72. The van der Waals surface area contributed by atoms with Gasteiger partial charge in [-0.1, -0.05) is 36.4 Å². The molecule has 0 aliphatic rings. The van der Waals surface area contributed by atoms with Gasteiger partial charge in [0.25, 0.3) is 0 Å². The fraction of sp³-hybridized carbons (Fsp3) is 0.429. The highest BCUT2D eigenvalue weighted by Crippen LogP contribution is 2.16. The molecule has 2 nitrogen and oxygen atoms in total. The third-order valence-corrected chi connectivity index (χ3v) is 2.24. The molecule has 1 rings (SSSR count). The van der Waals surface area contributed by atoms with Crippen molar-refractivity contribution in [1.82, 2.24) is 0 Å². The van der Waals surface area contributed by atoms with Crippen molar-refractivity contribution in [3.8, 4) is 0 Å². The molecule has 0 N–H and O–H groups in total. The van der Waals surface area contributed by atoms with Crippen molar-refractivity contribution in [3.05, 3.63) is 42.0 Å². The highest BCUT2D eigenvalue weighted by atomic mass is 16.7. The van der Waals surface area contributed by atoms with Crippen molar-refractivity contribution in [1.29, 1.82) is 0 Å². The molecule has 1 aromatic rings. The second kappa shape index (κ2) is 6.46. The molecule has 0 aromatic heterocycles. The van der Waals surface area contributed by atoms with Crippen molar-refractivity contribution in [2.75, 3.05) is 13.2 Å². The Morgan fingerprint density at radius 3 is 2.12 bits per heavy atom. The normalized spacial score (nSPS) is 12.2. The number of ether oxygens (including phenoxy) is 2. The quantitative estimate of drug-likeness (QED) is 0.683. The summed E-state index contributed by atoms with van der Waals surface area (Å²) in [4.78, 5) is 0. The van der Waals surface area contributed by atoms with E-state index in [0.29, 0.717) is 13.2 Å². The van der Waals surface area contributed by atoms with E-state index >= 15 is 0 Å². The van der Waals surface area contributed by atoms with Crippen LogP contribution < -0.4 is 0 Å². The summed E-state index contributed by atoms with van der Waals surface area (Å²) in [6.45, 7) is 7.13. The Balaban J connectivity index is 2.71. The first-order valence-corrected chi connectivity index (χ1v) is 5.72. The zero-order valence-corrected chi connectivity index (χ0v) is 10.3. The fourth-order valence-electron chi connectivity index (χ4n) is 1.52. The maximum absolute atomic E-state index is 5.58. The van der Waals surface area contributed by atoms with E-state index in [2.05, 4.69) is 12.1 Å². The SMILES string of the molecule is CCOC(C)(C=Cc1ccccc1)OCC. The summed E-state index contributed by atoms with van der Waals surface area (Å²) in [5.74, 6) is -0.626. The van der Waals surface area contributed by atoms with E-state index in [-0.39, 0.29) is 0 Å². The summed E-state index contributed by atoms with van der Waals surface area (Å²) >= 11 is 0. The molecule has 88 valence electrons. The molecule has 0 radical (unpaired) electrons. The second-order valence-corrected chi connectivity index (χ2v) is 3.63. The summed E-state index contributed by atoms with van der Waals surface area (Å²) in [6.07, 6.45) is 3.97. The molecular formula is C14H20O2. The lowest BCUT2D eigenvalue weighted by atomic mass is 10.2. The van der Waals surface area contributed by atoms with Gasteiger partial charge in [0.2, 0.25) is 0 Å². The second-order valence-electron chi connectivity index (χ2n) is 3.63. The van der Waals surface area contributed by atoms with Crippen molar-refractivity contribution < 1.29 is 9.47 Å². The van der Waals surface area contributed by atoms with Crippen LogP contribution in [0.1, 0.15) is 26.3 Å². The van der Waals surface area contributed by atoms with E-state index in [1.807, 2.05) is 51.1 Å². The van der Waals surface area contributed by atoms with E-state index < -0.39 is 5.79 Å². The Labute approximate surface area is 97.9 Å². The van der Waals surface area contributed by atoms with Gasteiger partial charge in [-0.25, -0.2) is 0 Å². The van der Waals surface area contributed by atoms with Crippen LogP contribution in [0.25, 0.3) is 6.08 Å². The van der Waals surface area contributed by atoms with Gasteiger partial charge in [-0.15, -0.1) is 0 Å². The van der Waals surface area contributed by atoms with Crippen molar-refractivity contribution >= 4 is 6.08 Å². The lowest BCUT2D eigenvalue weighted by Crippen LogP contribution is -2.29. The van der Waals surface area contributed by atoms with Crippen LogP contribution >= 0.6 is 0 Å². The molecule has 0 aliphatic heterocycles. The third-order valence-electron chi connectivity index (χ3n) is 2.24. The van der Waals surface area contributed by atoms with E-state index in [1.165, 1.54) is 0 Å². The molecule has 0 spiro atoms. The van der Waals surface area contributed by atoms with E-state index in [1.54, 1.807) is 0 Å². The summed E-state index contributed by atoms with van der Waals surface area (Å²) in [7, 11) is 0. The standard InChI is InChI=1S/C14H20O2/c1-4-15-14(3,16-5-2)12-11-13-9-7-6-8-10-13/h6-12H,4-5H2,1-3H3. The Morgan fingerprint density at radius 1 is 1.06 bits per heavy atom. The fourth-order valence-corrected chi connectivity index (χ4v) is 1.52. The number of hydrogen-bond acceptors (Lipinski definition) is 2. The maximum atomic E-state index is 5.58. The number of benzene rings is 1. The van der Waals surface area contributed by atoms with Gasteiger partial charge in [0.1, 0.15) is 0 Å². The van der Waals surface area contributed by atoms with Crippen LogP contribution in [-0.2, 0) is 9.47 Å². The zero-order valence-electron chi connectivity index (χ0n) is 10.3. The van der Waals surface area contributed by atoms with E-state index in [0.717, 1.165) is 5.56 Å². The highest BCUT2D eigenvalue weighted by Gasteiger charge is 2.20. The monoisotopic (exact) mass is 220 g/mol. The third kappa shape index (κ3) is 4.17. The predicted molar refractivity (Wildman–Crippen MR) is 67.1 cm³/mol. The van der Waals surface area contributed by atoms with Crippen molar-refractivity contribution in [2.45, 2.75) is 26.6 Å². The minimum atomic E-state index is -0.626. The van der Waals surface area contributed by atoms with Crippen LogP contribution in [0.4, 0.5) is 0 Å². The van der Waals surface area contributed by atoms with E-state index in [4.69, 9.17) is 9.47 Å². The molecule has 16 heavy (non-hydrogen) atoms. The molecule has 0 bridgehead atoms. The van der Waals surface area contributed by atoms with Gasteiger partial charge in [-0.2, -0.15) is 0 Å². The summed E-state index contributed by atoms with van der Waals surface area (Å²) in [5.41, 5.74) is 1.15. The van der Waals surface area contributed by atoms with Crippen LogP contribution in [0.5, 0.6) is 0 Å². The average Bonchev–Trinajstić information content (AvgIpc) is 2.29. The van der Waals surface area contributed by atoms with Gasteiger partial charge >= 0.3 is 0 Å². The van der Waals surface area contributed by atoms with Crippen LogP contribution in [0.15, 0.2) is 36.4 Å². The molecule has 1 aromatic carbocycles. The zero-order chi connectivity index (χ0) is 11.9. The molecule has 0 amide bonds. The summed E-state index contributed by atoms with van der Waals surface area (Å²) < 4.78 is 11.2. The highest BCUT2D eigenvalue weighted by molar-refractivity contribution is 5.49. The molecule has 0 atom stereocenters. The number of hydrogen-bond donors (Lipinski definition) is 0. The van der Waals surface area contributed by atoms with Gasteiger partial charge in [0.15, 0.2) is 5.79 Å². The van der Waals surface area contributed by atoms with Gasteiger partial charge in [-0.3, -0.25) is 0 Å². The maximum Gasteiger partial charge on any atom is 0.185 e. The van der Waals surface area contributed by atoms with Crippen LogP contribution in [0.2, 0.25) is 0 Å². The Morgan fingerprint density at radius 2 is 1.62 bits per heavy atom. The molecular weight excluding hydrogens is 200 g/mol. The van der Waals surface area contributed by atoms with Gasteiger partial charge in [-0.05, 0) is 32.4 Å². The Hall–Kier alpha value is -1.12. The Bertz CT molecular complexity index is 311. The minimum absolute atomic E-state index is 0.626. The van der Waals surface area contributed by atoms with Gasteiger partial charge < -0.3 is 9.47 Å².